The monoisotopic (exact) mass is 360 g/mol. The lowest BCUT2D eigenvalue weighted by molar-refractivity contribution is -0.115. The first-order valence-corrected chi connectivity index (χ1v) is 8.91. The first-order chi connectivity index (χ1) is 11.9. The molecule has 1 N–H and O–H groups in total. The van der Waals surface area contributed by atoms with E-state index >= 15 is 0 Å². The molecular formula is C17H20N4O3S. The van der Waals surface area contributed by atoms with Crippen LogP contribution in [-0.4, -0.2) is 41.6 Å². The molecule has 132 valence electrons. The van der Waals surface area contributed by atoms with Gasteiger partial charge in [0.25, 0.3) is 0 Å². The van der Waals surface area contributed by atoms with Gasteiger partial charge in [-0.15, -0.1) is 10.2 Å². The van der Waals surface area contributed by atoms with Crippen LogP contribution < -0.4 is 15.0 Å². The smallest absolute Gasteiger partial charge is 0.245 e. The molecule has 0 aliphatic carbocycles. The van der Waals surface area contributed by atoms with Crippen molar-refractivity contribution >= 4 is 33.8 Å². The maximum Gasteiger partial charge on any atom is 0.245 e. The van der Waals surface area contributed by atoms with Gasteiger partial charge in [0.15, 0.2) is 5.78 Å². The van der Waals surface area contributed by atoms with Crippen molar-refractivity contribution < 1.29 is 14.3 Å². The van der Waals surface area contributed by atoms with E-state index in [0.29, 0.717) is 29.6 Å². The summed E-state index contributed by atoms with van der Waals surface area (Å²) in [5.74, 6) is 0.765. The molecule has 1 aliphatic rings. The van der Waals surface area contributed by atoms with Crippen molar-refractivity contribution in [1.82, 2.24) is 10.2 Å². The first-order valence-electron chi connectivity index (χ1n) is 8.10. The molecule has 1 aromatic heterocycles. The number of Topliss-reactive ketones (excluding diaryl/α,β-unsaturated/α-hetero) is 1. The minimum Gasteiger partial charge on any atom is -0.490 e. The van der Waals surface area contributed by atoms with Crippen LogP contribution in [0.3, 0.4) is 0 Å². The Bertz CT molecular complexity index is 803. The molecule has 1 amide bonds. The predicted octanol–water partition coefficient (Wildman–Crippen LogP) is 2.70. The standard InChI is InChI=1S/C17H20N4O3S/c1-10(2)16-19-20-17(25-16)18-15(23)9-21-6-7-24-14-5-4-12(11(3)22)8-13(14)21/h4-5,8,10H,6-7,9H2,1-3H3,(H,18,20,23). The summed E-state index contributed by atoms with van der Waals surface area (Å²) in [5, 5.41) is 12.2. The van der Waals surface area contributed by atoms with Crippen LogP contribution in [0.25, 0.3) is 0 Å². The number of carbonyl (C=O) groups excluding carboxylic acids is 2. The average molecular weight is 360 g/mol. The fourth-order valence-electron chi connectivity index (χ4n) is 2.51. The molecule has 0 bridgehead atoms. The number of rotatable bonds is 5. The molecule has 0 radical (unpaired) electrons. The van der Waals surface area contributed by atoms with Crippen molar-refractivity contribution in [2.24, 2.45) is 0 Å². The fraction of sp³-hybridized carbons (Fsp3) is 0.412. The number of nitrogens with one attached hydrogen (secondary N) is 1. The molecule has 2 heterocycles. The third-order valence-corrected chi connectivity index (χ3v) is 4.98. The number of ether oxygens (including phenoxy) is 1. The number of fused-ring (bicyclic) bond motifs is 1. The number of nitrogens with zero attached hydrogens (tertiary/aromatic N) is 3. The molecule has 0 saturated heterocycles. The number of anilines is 2. The Kier molecular flexibility index (Phi) is 4.98. The molecule has 0 fully saturated rings. The van der Waals surface area contributed by atoms with E-state index in [9.17, 15) is 9.59 Å². The van der Waals surface area contributed by atoms with Gasteiger partial charge in [-0.1, -0.05) is 25.2 Å². The third-order valence-electron chi connectivity index (χ3n) is 3.84. The van der Waals surface area contributed by atoms with E-state index in [1.54, 1.807) is 18.2 Å². The second kappa shape index (κ2) is 7.18. The Balaban J connectivity index is 1.72. The van der Waals surface area contributed by atoms with Gasteiger partial charge in [-0.25, -0.2) is 0 Å². The van der Waals surface area contributed by atoms with E-state index in [1.165, 1.54) is 18.3 Å². The maximum absolute atomic E-state index is 12.4. The summed E-state index contributed by atoms with van der Waals surface area (Å²) >= 11 is 1.38. The van der Waals surface area contributed by atoms with Gasteiger partial charge < -0.3 is 9.64 Å². The summed E-state index contributed by atoms with van der Waals surface area (Å²) in [6, 6.07) is 5.28. The normalized spacial score (nSPS) is 13.4. The topological polar surface area (TPSA) is 84.4 Å². The molecule has 0 saturated carbocycles. The second-order valence-electron chi connectivity index (χ2n) is 6.16. The second-order valence-corrected chi connectivity index (χ2v) is 7.17. The summed E-state index contributed by atoms with van der Waals surface area (Å²) in [6.45, 7) is 6.82. The van der Waals surface area contributed by atoms with Gasteiger partial charge in [0.2, 0.25) is 11.0 Å². The highest BCUT2D eigenvalue weighted by molar-refractivity contribution is 7.15. The van der Waals surface area contributed by atoms with Crippen LogP contribution in [0.1, 0.15) is 42.1 Å². The molecule has 0 spiro atoms. The minimum atomic E-state index is -0.174. The first kappa shape index (κ1) is 17.3. The maximum atomic E-state index is 12.4. The van der Waals surface area contributed by atoms with Crippen molar-refractivity contribution in [1.29, 1.82) is 0 Å². The quantitative estimate of drug-likeness (QED) is 0.825. The van der Waals surface area contributed by atoms with Crippen LogP contribution in [0.2, 0.25) is 0 Å². The number of ketones is 1. The van der Waals surface area contributed by atoms with Crippen LogP contribution in [0, 0.1) is 0 Å². The molecule has 7 nitrogen and oxygen atoms in total. The lowest BCUT2D eigenvalue weighted by atomic mass is 10.1. The van der Waals surface area contributed by atoms with Crippen LogP contribution in [0.5, 0.6) is 5.75 Å². The summed E-state index contributed by atoms with van der Waals surface area (Å²) in [7, 11) is 0. The molecule has 2 aromatic rings. The SMILES string of the molecule is CC(=O)c1ccc2c(c1)N(CC(=O)Nc1nnc(C(C)C)s1)CCO2. The van der Waals surface area contributed by atoms with Gasteiger partial charge in [0, 0.05) is 11.5 Å². The van der Waals surface area contributed by atoms with Crippen LogP contribution >= 0.6 is 11.3 Å². The number of carbonyl (C=O) groups is 2. The van der Waals surface area contributed by atoms with Gasteiger partial charge in [0.1, 0.15) is 17.4 Å². The van der Waals surface area contributed by atoms with E-state index in [0.717, 1.165) is 10.7 Å². The average Bonchev–Trinajstić information content (AvgIpc) is 3.03. The van der Waals surface area contributed by atoms with E-state index in [-0.39, 0.29) is 24.2 Å². The Hall–Kier alpha value is -2.48. The lowest BCUT2D eigenvalue weighted by Crippen LogP contribution is -2.38. The number of hydrogen-bond acceptors (Lipinski definition) is 7. The van der Waals surface area contributed by atoms with Gasteiger partial charge >= 0.3 is 0 Å². The summed E-state index contributed by atoms with van der Waals surface area (Å²) in [4.78, 5) is 25.9. The van der Waals surface area contributed by atoms with Crippen molar-refractivity contribution in [3.8, 4) is 5.75 Å². The molecule has 1 aromatic carbocycles. The highest BCUT2D eigenvalue weighted by Crippen LogP contribution is 2.32. The molecular weight excluding hydrogens is 340 g/mol. The highest BCUT2D eigenvalue weighted by Gasteiger charge is 2.22. The molecule has 8 heteroatoms. The summed E-state index contributed by atoms with van der Waals surface area (Å²) in [5.41, 5.74) is 1.36. The van der Waals surface area contributed by atoms with Crippen molar-refractivity contribution in [2.75, 3.05) is 29.9 Å². The predicted molar refractivity (Wildman–Crippen MR) is 96.8 cm³/mol. The lowest BCUT2D eigenvalue weighted by Gasteiger charge is -2.30. The Morgan fingerprint density at radius 2 is 2.16 bits per heavy atom. The largest absolute Gasteiger partial charge is 0.490 e. The van der Waals surface area contributed by atoms with E-state index < -0.39 is 0 Å². The van der Waals surface area contributed by atoms with Gasteiger partial charge in [-0.2, -0.15) is 0 Å². The highest BCUT2D eigenvalue weighted by atomic mass is 32.1. The summed E-state index contributed by atoms with van der Waals surface area (Å²) in [6.07, 6.45) is 0. The van der Waals surface area contributed by atoms with Crippen molar-refractivity contribution in [2.45, 2.75) is 26.7 Å². The number of amides is 1. The molecule has 3 rings (SSSR count). The number of aromatic nitrogens is 2. The zero-order chi connectivity index (χ0) is 18.0. The third kappa shape index (κ3) is 3.96. The van der Waals surface area contributed by atoms with E-state index in [1.807, 2.05) is 18.7 Å². The zero-order valence-corrected chi connectivity index (χ0v) is 15.2. The van der Waals surface area contributed by atoms with Gasteiger partial charge in [-0.05, 0) is 25.1 Å². The molecule has 0 unspecified atom stereocenters. The zero-order valence-electron chi connectivity index (χ0n) is 14.4. The number of benzene rings is 1. The minimum absolute atomic E-state index is 0.0205. The van der Waals surface area contributed by atoms with Gasteiger partial charge in [-0.3, -0.25) is 14.9 Å². The van der Waals surface area contributed by atoms with Gasteiger partial charge in [0.05, 0.1) is 18.8 Å². The Morgan fingerprint density at radius 3 is 2.84 bits per heavy atom. The molecule has 0 atom stereocenters. The van der Waals surface area contributed by atoms with Crippen molar-refractivity contribution in [3.05, 3.63) is 28.8 Å². The van der Waals surface area contributed by atoms with Crippen molar-refractivity contribution in [3.63, 3.8) is 0 Å². The number of hydrogen-bond donors (Lipinski definition) is 1. The van der Waals surface area contributed by atoms with Crippen LogP contribution in [-0.2, 0) is 4.79 Å². The Labute approximate surface area is 150 Å². The fourth-order valence-corrected chi connectivity index (χ4v) is 3.27. The van der Waals surface area contributed by atoms with Crippen LogP contribution in [0.4, 0.5) is 10.8 Å². The Morgan fingerprint density at radius 1 is 1.36 bits per heavy atom. The molecule has 25 heavy (non-hydrogen) atoms. The van der Waals surface area contributed by atoms with Crippen LogP contribution in [0.15, 0.2) is 18.2 Å². The van der Waals surface area contributed by atoms with E-state index in [2.05, 4.69) is 15.5 Å². The molecule has 1 aliphatic heterocycles. The summed E-state index contributed by atoms with van der Waals surface area (Å²) < 4.78 is 5.61. The van der Waals surface area contributed by atoms with E-state index in [4.69, 9.17) is 4.74 Å².